The molecule has 4 rings (SSSR count). The highest BCUT2D eigenvalue weighted by atomic mass is 32.1. The summed E-state index contributed by atoms with van der Waals surface area (Å²) in [6.45, 7) is 3.57. The summed E-state index contributed by atoms with van der Waals surface area (Å²) in [6, 6.07) is 9.03. The third-order valence-electron chi connectivity index (χ3n) is 5.62. The summed E-state index contributed by atoms with van der Waals surface area (Å²) >= 11 is 1.63. The summed E-state index contributed by atoms with van der Waals surface area (Å²) in [4.78, 5) is 16.3. The first-order valence-corrected chi connectivity index (χ1v) is 10.6. The lowest BCUT2D eigenvalue weighted by molar-refractivity contribution is 0.0940. The van der Waals surface area contributed by atoms with Crippen molar-refractivity contribution in [2.45, 2.75) is 38.1 Å². The van der Waals surface area contributed by atoms with Gasteiger partial charge >= 0.3 is 0 Å². The van der Waals surface area contributed by atoms with Gasteiger partial charge in [-0.25, -0.2) is 0 Å². The molecule has 4 nitrogen and oxygen atoms in total. The summed E-state index contributed by atoms with van der Waals surface area (Å²) in [5.41, 5.74) is 1.24. The van der Waals surface area contributed by atoms with Gasteiger partial charge in [0.25, 0.3) is 5.91 Å². The number of nitrogens with one attached hydrogen (secondary N) is 1. The van der Waals surface area contributed by atoms with E-state index in [2.05, 4.69) is 34.5 Å². The molecule has 2 aliphatic rings. The van der Waals surface area contributed by atoms with Crippen molar-refractivity contribution in [3.8, 4) is 0 Å². The Balaban J connectivity index is 1.57. The monoisotopic (exact) mass is 372 g/mol. The molecule has 1 aromatic heterocycles. The molecule has 2 aromatic rings. The number of hydrogen-bond acceptors (Lipinski definition) is 4. The van der Waals surface area contributed by atoms with Crippen LogP contribution in [0.1, 0.15) is 40.9 Å². The standard InChI is InChI=1S/C21H28N2O2S/c1-25-12-10-22-21(24)20-18(17-6-2-3-7-19(17)26-20)13-16-5-4-11-23(16)14-15-8-9-15/h2-3,6-7,15-16H,4-5,8-14H2,1H3,(H,22,24)/t16-/m1/s1. The van der Waals surface area contributed by atoms with E-state index in [4.69, 9.17) is 4.74 Å². The van der Waals surface area contributed by atoms with Gasteiger partial charge in [-0.1, -0.05) is 18.2 Å². The Morgan fingerprint density at radius 1 is 1.31 bits per heavy atom. The van der Waals surface area contributed by atoms with Gasteiger partial charge in [0.1, 0.15) is 0 Å². The predicted octanol–water partition coefficient (Wildman–Crippen LogP) is 3.69. The summed E-state index contributed by atoms with van der Waals surface area (Å²) in [6.07, 6.45) is 6.33. The van der Waals surface area contributed by atoms with Gasteiger partial charge in [0.2, 0.25) is 0 Å². The lowest BCUT2D eigenvalue weighted by Gasteiger charge is -2.24. The molecule has 1 saturated heterocycles. The van der Waals surface area contributed by atoms with E-state index >= 15 is 0 Å². The maximum atomic E-state index is 12.8. The third-order valence-corrected chi connectivity index (χ3v) is 6.84. The van der Waals surface area contributed by atoms with Crippen LogP contribution in [0.2, 0.25) is 0 Å². The molecular weight excluding hydrogens is 344 g/mol. The molecule has 2 heterocycles. The molecule has 0 spiro atoms. The van der Waals surface area contributed by atoms with Crippen LogP contribution in [0, 0.1) is 5.92 Å². The second-order valence-corrected chi connectivity index (χ2v) is 8.65. The van der Waals surface area contributed by atoms with Crippen LogP contribution in [-0.2, 0) is 11.2 Å². The number of thiophene rings is 1. The van der Waals surface area contributed by atoms with Gasteiger partial charge < -0.3 is 10.1 Å². The number of carbonyl (C=O) groups excluding carboxylic acids is 1. The quantitative estimate of drug-likeness (QED) is 0.719. The molecule has 1 aliphatic carbocycles. The van der Waals surface area contributed by atoms with Crippen LogP contribution in [0.5, 0.6) is 0 Å². The molecule has 0 unspecified atom stereocenters. The van der Waals surface area contributed by atoms with Gasteiger partial charge in [-0.15, -0.1) is 11.3 Å². The zero-order valence-electron chi connectivity index (χ0n) is 15.5. The molecule has 1 aliphatic heterocycles. The van der Waals surface area contributed by atoms with E-state index in [1.54, 1.807) is 18.4 Å². The smallest absolute Gasteiger partial charge is 0.261 e. The molecule has 26 heavy (non-hydrogen) atoms. The molecular formula is C21H28N2O2S. The number of methoxy groups -OCH3 is 1. The molecule has 5 heteroatoms. The van der Waals surface area contributed by atoms with Gasteiger partial charge in [-0.05, 0) is 61.6 Å². The Morgan fingerprint density at radius 2 is 2.15 bits per heavy atom. The fraction of sp³-hybridized carbons (Fsp3) is 0.571. The summed E-state index contributed by atoms with van der Waals surface area (Å²) in [5, 5.41) is 4.27. The maximum Gasteiger partial charge on any atom is 0.261 e. The van der Waals surface area contributed by atoms with E-state index in [0.29, 0.717) is 19.2 Å². The van der Waals surface area contributed by atoms with E-state index in [1.165, 1.54) is 54.4 Å². The Kier molecular flexibility index (Phi) is 5.57. The van der Waals surface area contributed by atoms with Crippen LogP contribution in [0.3, 0.4) is 0 Å². The third kappa shape index (κ3) is 3.95. The van der Waals surface area contributed by atoms with E-state index in [9.17, 15) is 4.79 Å². The fourth-order valence-electron chi connectivity index (χ4n) is 4.07. The minimum atomic E-state index is 0.0463. The Morgan fingerprint density at radius 3 is 2.96 bits per heavy atom. The molecule has 0 bridgehead atoms. The van der Waals surface area contributed by atoms with Gasteiger partial charge in [-0.2, -0.15) is 0 Å². The van der Waals surface area contributed by atoms with Crippen molar-refractivity contribution in [1.29, 1.82) is 0 Å². The predicted molar refractivity (Wildman–Crippen MR) is 107 cm³/mol. The van der Waals surface area contributed by atoms with E-state index in [-0.39, 0.29) is 5.91 Å². The number of hydrogen-bond donors (Lipinski definition) is 1. The number of likely N-dealkylation sites (tertiary alicyclic amines) is 1. The van der Waals surface area contributed by atoms with Crippen molar-refractivity contribution in [2.24, 2.45) is 5.92 Å². The first-order valence-electron chi connectivity index (χ1n) is 9.78. The number of carbonyl (C=O) groups is 1. The number of benzene rings is 1. The van der Waals surface area contributed by atoms with Gasteiger partial charge in [0.05, 0.1) is 11.5 Å². The molecule has 2 fully saturated rings. The zero-order chi connectivity index (χ0) is 17.9. The summed E-state index contributed by atoms with van der Waals surface area (Å²) in [7, 11) is 1.66. The second-order valence-electron chi connectivity index (χ2n) is 7.59. The van der Waals surface area contributed by atoms with Crippen molar-refractivity contribution in [2.75, 3.05) is 33.4 Å². The van der Waals surface area contributed by atoms with Crippen LogP contribution >= 0.6 is 11.3 Å². The molecule has 1 amide bonds. The number of fused-ring (bicyclic) bond motifs is 1. The van der Waals surface area contributed by atoms with Crippen molar-refractivity contribution < 1.29 is 9.53 Å². The van der Waals surface area contributed by atoms with Crippen LogP contribution < -0.4 is 5.32 Å². The SMILES string of the molecule is COCCNC(=O)c1sc2ccccc2c1C[C@H]1CCCN1CC1CC1. The van der Waals surface area contributed by atoms with Crippen molar-refractivity contribution in [3.05, 3.63) is 34.7 Å². The minimum Gasteiger partial charge on any atom is -0.383 e. The average molecular weight is 373 g/mol. The van der Waals surface area contributed by atoms with E-state index < -0.39 is 0 Å². The van der Waals surface area contributed by atoms with E-state index in [0.717, 1.165) is 17.2 Å². The van der Waals surface area contributed by atoms with Crippen molar-refractivity contribution in [1.82, 2.24) is 10.2 Å². The highest BCUT2D eigenvalue weighted by Gasteiger charge is 2.32. The molecule has 0 radical (unpaired) electrons. The lowest BCUT2D eigenvalue weighted by Crippen LogP contribution is -2.33. The Bertz CT molecular complexity index is 768. The van der Waals surface area contributed by atoms with Crippen molar-refractivity contribution in [3.63, 3.8) is 0 Å². The average Bonchev–Trinajstić information content (AvgIpc) is 3.24. The Labute approximate surface area is 159 Å². The van der Waals surface area contributed by atoms with Crippen LogP contribution in [-0.4, -0.2) is 50.2 Å². The molecule has 1 N–H and O–H groups in total. The molecule has 1 saturated carbocycles. The first-order chi connectivity index (χ1) is 12.8. The topological polar surface area (TPSA) is 41.6 Å². The van der Waals surface area contributed by atoms with Gasteiger partial charge in [0.15, 0.2) is 0 Å². The highest BCUT2D eigenvalue weighted by Crippen LogP contribution is 2.36. The number of amides is 1. The minimum absolute atomic E-state index is 0.0463. The van der Waals surface area contributed by atoms with Crippen LogP contribution in [0.25, 0.3) is 10.1 Å². The normalized spacial score (nSPS) is 20.7. The largest absolute Gasteiger partial charge is 0.383 e. The van der Waals surface area contributed by atoms with Crippen LogP contribution in [0.4, 0.5) is 0 Å². The summed E-state index contributed by atoms with van der Waals surface area (Å²) in [5.74, 6) is 0.969. The lowest BCUT2D eigenvalue weighted by atomic mass is 10.00. The Hall–Kier alpha value is -1.43. The van der Waals surface area contributed by atoms with Crippen LogP contribution in [0.15, 0.2) is 24.3 Å². The molecule has 1 atom stereocenters. The van der Waals surface area contributed by atoms with Crippen molar-refractivity contribution >= 4 is 27.3 Å². The fourth-order valence-corrected chi connectivity index (χ4v) is 5.22. The number of ether oxygens (including phenoxy) is 1. The second kappa shape index (κ2) is 8.07. The first kappa shape index (κ1) is 18.0. The summed E-state index contributed by atoms with van der Waals surface area (Å²) < 4.78 is 6.28. The number of nitrogens with zero attached hydrogens (tertiary/aromatic N) is 1. The number of rotatable bonds is 8. The van der Waals surface area contributed by atoms with Gasteiger partial charge in [0, 0.05) is 30.9 Å². The molecule has 1 aromatic carbocycles. The van der Waals surface area contributed by atoms with Gasteiger partial charge in [-0.3, -0.25) is 9.69 Å². The molecule has 140 valence electrons. The zero-order valence-corrected chi connectivity index (χ0v) is 16.3. The maximum absolute atomic E-state index is 12.8. The highest BCUT2D eigenvalue weighted by molar-refractivity contribution is 7.21. The van der Waals surface area contributed by atoms with E-state index in [1.807, 2.05) is 0 Å².